The molecular formula is C25H17N5OS2. The molecule has 0 aliphatic carbocycles. The summed E-state index contributed by atoms with van der Waals surface area (Å²) in [7, 11) is 0. The van der Waals surface area contributed by atoms with Crippen molar-refractivity contribution >= 4 is 61.5 Å². The van der Waals surface area contributed by atoms with Crippen LogP contribution in [0.4, 0.5) is 5.69 Å². The van der Waals surface area contributed by atoms with Crippen LogP contribution in [0.3, 0.4) is 0 Å². The summed E-state index contributed by atoms with van der Waals surface area (Å²) >= 11 is 3.01. The summed E-state index contributed by atoms with van der Waals surface area (Å²) in [6.07, 6.45) is 0. The molecule has 6 nitrogen and oxygen atoms in total. The van der Waals surface area contributed by atoms with Crippen LogP contribution in [0.5, 0.6) is 0 Å². The van der Waals surface area contributed by atoms with Gasteiger partial charge in [0.25, 0.3) is 0 Å². The number of carbonyl (C=O) groups is 1. The molecule has 0 unspecified atom stereocenters. The van der Waals surface area contributed by atoms with Gasteiger partial charge in [-0.2, -0.15) is 0 Å². The van der Waals surface area contributed by atoms with Crippen molar-refractivity contribution < 1.29 is 4.79 Å². The van der Waals surface area contributed by atoms with E-state index in [1.165, 1.54) is 11.8 Å². The number of thioether (sulfide) groups is 1. The molecule has 1 N–H and O–H groups in total. The Hall–Kier alpha value is -3.75. The van der Waals surface area contributed by atoms with Gasteiger partial charge in [-0.25, -0.2) is 4.98 Å². The molecule has 3 heterocycles. The summed E-state index contributed by atoms with van der Waals surface area (Å²) in [4.78, 5) is 17.4. The Labute approximate surface area is 197 Å². The summed E-state index contributed by atoms with van der Waals surface area (Å²) in [5.74, 6) is 0.133. The Morgan fingerprint density at radius 3 is 2.76 bits per heavy atom. The first-order valence-corrected chi connectivity index (χ1v) is 12.2. The molecule has 0 aliphatic rings. The Morgan fingerprint density at radius 1 is 0.939 bits per heavy atom. The minimum Gasteiger partial charge on any atom is -0.325 e. The van der Waals surface area contributed by atoms with E-state index in [1.54, 1.807) is 11.3 Å². The van der Waals surface area contributed by atoms with E-state index in [0.29, 0.717) is 5.16 Å². The second-order valence-corrected chi connectivity index (χ2v) is 9.45. The molecule has 0 radical (unpaired) electrons. The van der Waals surface area contributed by atoms with Crippen molar-refractivity contribution in [2.24, 2.45) is 0 Å². The first kappa shape index (κ1) is 19.9. The first-order chi connectivity index (χ1) is 16.2. The smallest absolute Gasteiger partial charge is 0.234 e. The van der Waals surface area contributed by atoms with Crippen LogP contribution in [0.15, 0.2) is 90.1 Å². The number of fused-ring (bicyclic) bond motifs is 4. The van der Waals surface area contributed by atoms with Crippen LogP contribution >= 0.6 is 23.1 Å². The SMILES string of the molecule is O=C(CSc1nnc2ccc3ccccc3n12)Nc1cccc(-c2nc3ccccc3s2)c1. The second-order valence-electron chi connectivity index (χ2n) is 7.47. The van der Waals surface area contributed by atoms with Crippen molar-refractivity contribution in [3.63, 3.8) is 0 Å². The summed E-state index contributed by atoms with van der Waals surface area (Å²) in [6, 6.07) is 27.9. The van der Waals surface area contributed by atoms with Crippen molar-refractivity contribution in [2.75, 3.05) is 11.1 Å². The number of benzene rings is 3. The fraction of sp³-hybridized carbons (Fsp3) is 0.0400. The highest BCUT2D eigenvalue weighted by molar-refractivity contribution is 7.99. The van der Waals surface area contributed by atoms with Crippen molar-refractivity contribution in [1.82, 2.24) is 19.6 Å². The monoisotopic (exact) mass is 467 g/mol. The van der Waals surface area contributed by atoms with E-state index in [4.69, 9.17) is 4.98 Å². The number of para-hydroxylation sites is 2. The van der Waals surface area contributed by atoms with Gasteiger partial charge in [-0.15, -0.1) is 21.5 Å². The number of pyridine rings is 1. The minimum absolute atomic E-state index is 0.0987. The predicted molar refractivity (Wildman–Crippen MR) is 135 cm³/mol. The first-order valence-electron chi connectivity index (χ1n) is 10.4. The number of amides is 1. The lowest BCUT2D eigenvalue weighted by Gasteiger charge is -2.07. The molecule has 6 aromatic rings. The zero-order chi connectivity index (χ0) is 22.2. The van der Waals surface area contributed by atoms with Crippen molar-refractivity contribution in [3.8, 4) is 10.6 Å². The zero-order valence-corrected chi connectivity index (χ0v) is 18.9. The lowest BCUT2D eigenvalue weighted by molar-refractivity contribution is -0.113. The number of thiazole rings is 1. The van der Waals surface area contributed by atoms with Crippen LogP contribution in [0.2, 0.25) is 0 Å². The van der Waals surface area contributed by atoms with Gasteiger partial charge in [0.15, 0.2) is 10.8 Å². The summed E-state index contributed by atoms with van der Waals surface area (Å²) in [5, 5.41) is 14.3. The van der Waals surface area contributed by atoms with Gasteiger partial charge in [-0.1, -0.05) is 54.2 Å². The summed E-state index contributed by atoms with van der Waals surface area (Å²) in [6.45, 7) is 0. The van der Waals surface area contributed by atoms with Crippen molar-refractivity contribution in [1.29, 1.82) is 0 Å². The van der Waals surface area contributed by atoms with Gasteiger partial charge in [0.05, 0.1) is 21.5 Å². The van der Waals surface area contributed by atoms with E-state index in [2.05, 4.69) is 21.6 Å². The fourth-order valence-corrected chi connectivity index (χ4v) is 5.47. The third kappa shape index (κ3) is 3.83. The van der Waals surface area contributed by atoms with Crippen LogP contribution in [0, 0.1) is 0 Å². The molecule has 3 aromatic heterocycles. The molecule has 0 spiro atoms. The molecule has 0 saturated heterocycles. The van der Waals surface area contributed by atoms with E-state index < -0.39 is 0 Å². The van der Waals surface area contributed by atoms with Crippen molar-refractivity contribution in [3.05, 3.63) is 84.9 Å². The van der Waals surface area contributed by atoms with E-state index in [1.807, 2.05) is 83.3 Å². The average Bonchev–Trinajstić information content (AvgIpc) is 3.47. The summed E-state index contributed by atoms with van der Waals surface area (Å²) < 4.78 is 3.13. The number of nitrogens with zero attached hydrogens (tertiary/aromatic N) is 4. The van der Waals surface area contributed by atoms with Gasteiger partial charge in [0, 0.05) is 11.3 Å². The predicted octanol–water partition coefficient (Wildman–Crippen LogP) is 5.89. The van der Waals surface area contributed by atoms with Gasteiger partial charge >= 0.3 is 0 Å². The highest BCUT2D eigenvalue weighted by Gasteiger charge is 2.13. The molecule has 3 aromatic carbocycles. The molecular weight excluding hydrogens is 450 g/mol. The maximum absolute atomic E-state index is 12.7. The fourth-order valence-electron chi connectivity index (χ4n) is 3.76. The standard InChI is InChI=1S/C25H17N5OS2/c31-23(15-32-25-29-28-22-13-12-16-6-1-3-10-20(16)30(22)25)26-18-8-5-7-17(14-18)24-27-19-9-2-4-11-21(19)33-24/h1-14H,15H2,(H,26,31). The van der Waals surface area contributed by atoms with Crippen LogP contribution in [-0.4, -0.2) is 31.2 Å². The van der Waals surface area contributed by atoms with Gasteiger partial charge < -0.3 is 5.32 Å². The Kier molecular flexibility index (Phi) is 5.01. The van der Waals surface area contributed by atoms with E-state index in [0.717, 1.165) is 43.0 Å². The average molecular weight is 468 g/mol. The normalized spacial score (nSPS) is 11.4. The van der Waals surface area contributed by atoms with Crippen LogP contribution in [0.1, 0.15) is 0 Å². The molecule has 6 rings (SSSR count). The molecule has 0 atom stereocenters. The van der Waals surface area contributed by atoms with Gasteiger partial charge in [0.1, 0.15) is 5.01 Å². The van der Waals surface area contributed by atoms with E-state index >= 15 is 0 Å². The number of hydrogen-bond donors (Lipinski definition) is 1. The Bertz CT molecular complexity index is 1610. The Balaban J connectivity index is 1.19. The van der Waals surface area contributed by atoms with Gasteiger partial charge in [-0.3, -0.25) is 9.20 Å². The molecule has 0 fully saturated rings. The molecule has 33 heavy (non-hydrogen) atoms. The van der Waals surface area contributed by atoms with Crippen LogP contribution in [-0.2, 0) is 4.79 Å². The molecule has 0 aliphatic heterocycles. The number of hydrogen-bond acceptors (Lipinski definition) is 6. The maximum Gasteiger partial charge on any atom is 0.234 e. The second kappa shape index (κ2) is 8.31. The highest BCUT2D eigenvalue weighted by Crippen LogP contribution is 2.31. The molecule has 0 saturated carbocycles. The number of nitrogens with one attached hydrogen (secondary N) is 1. The third-order valence-corrected chi connectivity index (χ3v) is 7.28. The number of rotatable bonds is 5. The highest BCUT2D eigenvalue weighted by atomic mass is 32.2. The van der Waals surface area contributed by atoms with E-state index in [-0.39, 0.29) is 11.7 Å². The lowest BCUT2D eigenvalue weighted by atomic mass is 10.2. The lowest BCUT2D eigenvalue weighted by Crippen LogP contribution is -2.14. The van der Waals surface area contributed by atoms with E-state index in [9.17, 15) is 4.79 Å². The van der Waals surface area contributed by atoms with Gasteiger partial charge in [0.2, 0.25) is 5.91 Å². The Morgan fingerprint density at radius 2 is 1.82 bits per heavy atom. The molecule has 160 valence electrons. The molecule has 1 amide bonds. The van der Waals surface area contributed by atoms with Crippen LogP contribution in [0.25, 0.3) is 37.3 Å². The number of aromatic nitrogens is 4. The zero-order valence-electron chi connectivity index (χ0n) is 17.3. The van der Waals surface area contributed by atoms with Crippen LogP contribution < -0.4 is 5.32 Å². The molecule has 8 heteroatoms. The van der Waals surface area contributed by atoms with Gasteiger partial charge in [-0.05, 0) is 47.9 Å². The summed E-state index contributed by atoms with van der Waals surface area (Å²) in [5.41, 5.74) is 4.49. The topological polar surface area (TPSA) is 72.2 Å². The quantitative estimate of drug-likeness (QED) is 0.320. The van der Waals surface area contributed by atoms with Crippen molar-refractivity contribution in [2.45, 2.75) is 5.16 Å². The number of anilines is 1. The molecule has 0 bridgehead atoms. The third-order valence-electron chi connectivity index (χ3n) is 5.27. The largest absolute Gasteiger partial charge is 0.325 e. The maximum atomic E-state index is 12.7. The number of carbonyl (C=O) groups excluding carboxylic acids is 1. The minimum atomic E-state index is -0.0987.